The molecule has 0 aliphatic rings. The number of anilines is 1. The van der Waals surface area contributed by atoms with Crippen LogP contribution in [0.5, 0.6) is 0 Å². The van der Waals surface area contributed by atoms with Gasteiger partial charge in [0.15, 0.2) is 11.0 Å². The lowest BCUT2D eigenvalue weighted by Crippen LogP contribution is -2.10. The highest BCUT2D eigenvalue weighted by molar-refractivity contribution is 7.99. The maximum Gasteiger partial charge on any atom is 0.316 e. The van der Waals surface area contributed by atoms with E-state index in [0.29, 0.717) is 13.2 Å². The van der Waals surface area contributed by atoms with Gasteiger partial charge in [-0.25, -0.2) is 0 Å². The van der Waals surface area contributed by atoms with Gasteiger partial charge < -0.3 is 14.6 Å². The van der Waals surface area contributed by atoms with Crippen molar-refractivity contribution >= 4 is 23.4 Å². The Morgan fingerprint density at radius 2 is 2.00 bits per heavy atom. The number of aromatic nitrogens is 3. The summed E-state index contributed by atoms with van der Waals surface area (Å²) in [5.74, 6) is 0.860. The quantitative estimate of drug-likeness (QED) is 0.591. The van der Waals surface area contributed by atoms with Crippen LogP contribution in [0.25, 0.3) is 0 Å². The van der Waals surface area contributed by atoms with Crippen molar-refractivity contribution in [2.75, 3.05) is 17.7 Å². The molecule has 0 aliphatic carbocycles. The number of nitrogens with zero attached hydrogens (tertiary/aromatic N) is 3. The van der Waals surface area contributed by atoms with Crippen LogP contribution in [0.15, 0.2) is 29.4 Å². The van der Waals surface area contributed by atoms with Crippen molar-refractivity contribution in [1.29, 1.82) is 0 Å². The largest absolute Gasteiger partial charge is 0.465 e. The van der Waals surface area contributed by atoms with Crippen LogP contribution >= 0.6 is 11.8 Å². The number of thioether (sulfide) groups is 1. The van der Waals surface area contributed by atoms with Crippen LogP contribution in [0.1, 0.15) is 25.2 Å². The van der Waals surface area contributed by atoms with E-state index in [9.17, 15) is 4.79 Å². The first kappa shape index (κ1) is 17.3. The first-order valence-electron chi connectivity index (χ1n) is 7.65. The van der Waals surface area contributed by atoms with Crippen LogP contribution in [-0.2, 0) is 22.6 Å². The molecule has 23 heavy (non-hydrogen) atoms. The highest BCUT2D eigenvalue weighted by Crippen LogP contribution is 2.18. The summed E-state index contributed by atoms with van der Waals surface area (Å²) in [6.45, 7) is 7.63. The van der Waals surface area contributed by atoms with E-state index in [1.54, 1.807) is 6.92 Å². The molecule has 1 N–H and O–H groups in total. The van der Waals surface area contributed by atoms with Crippen LogP contribution in [0.2, 0.25) is 0 Å². The lowest BCUT2D eigenvalue weighted by Gasteiger charge is -2.09. The fraction of sp³-hybridized carbons (Fsp3) is 0.438. The van der Waals surface area contributed by atoms with E-state index in [2.05, 4.69) is 34.6 Å². The van der Waals surface area contributed by atoms with Gasteiger partial charge in [0.1, 0.15) is 0 Å². The molecular weight excluding hydrogens is 312 g/mol. The molecule has 124 valence electrons. The minimum absolute atomic E-state index is 0.234. The minimum Gasteiger partial charge on any atom is -0.465 e. The number of benzene rings is 1. The maximum atomic E-state index is 11.4. The van der Waals surface area contributed by atoms with Gasteiger partial charge in [-0.3, -0.25) is 4.79 Å². The van der Waals surface area contributed by atoms with Crippen LogP contribution in [-0.4, -0.2) is 33.1 Å². The fourth-order valence-electron chi connectivity index (χ4n) is 2.05. The lowest BCUT2D eigenvalue weighted by molar-refractivity contribution is -0.139. The van der Waals surface area contributed by atoms with Crippen molar-refractivity contribution in [2.45, 2.75) is 39.0 Å². The zero-order valence-electron chi connectivity index (χ0n) is 13.7. The van der Waals surface area contributed by atoms with Crippen molar-refractivity contribution in [1.82, 2.24) is 14.8 Å². The monoisotopic (exact) mass is 334 g/mol. The van der Waals surface area contributed by atoms with Crippen LogP contribution in [0.4, 0.5) is 5.69 Å². The van der Waals surface area contributed by atoms with Gasteiger partial charge in [0.2, 0.25) is 0 Å². The molecule has 0 atom stereocenters. The number of aryl methyl sites for hydroxylation is 1. The lowest BCUT2D eigenvalue weighted by atomic mass is 10.2. The molecule has 0 bridgehead atoms. The Hall–Kier alpha value is -2.02. The molecule has 0 saturated heterocycles. The van der Waals surface area contributed by atoms with Crippen molar-refractivity contribution in [3.05, 3.63) is 35.7 Å². The van der Waals surface area contributed by atoms with Gasteiger partial charge in [0, 0.05) is 12.2 Å². The van der Waals surface area contributed by atoms with Gasteiger partial charge in [0.05, 0.1) is 18.9 Å². The number of nitrogens with one attached hydrogen (secondary N) is 1. The highest BCUT2D eigenvalue weighted by atomic mass is 32.2. The standard InChI is InChI=1S/C16H22N4O2S/c1-4-20-14(10-17-13-8-6-12(3)7-9-13)18-19-16(20)23-11-15(21)22-5-2/h6-9,17H,4-5,10-11H2,1-3H3. The highest BCUT2D eigenvalue weighted by Gasteiger charge is 2.13. The number of hydrogen-bond acceptors (Lipinski definition) is 6. The summed E-state index contributed by atoms with van der Waals surface area (Å²) in [6, 6.07) is 8.21. The van der Waals surface area contributed by atoms with E-state index >= 15 is 0 Å². The van der Waals surface area contributed by atoms with Crippen LogP contribution in [0.3, 0.4) is 0 Å². The fourth-order valence-corrected chi connectivity index (χ4v) is 2.87. The first-order valence-corrected chi connectivity index (χ1v) is 8.63. The molecule has 0 fully saturated rings. The topological polar surface area (TPSA) is 69.0 Å². The SMILES string of the molecule is CCOC(=O)CSc1nnc(CNc2ccc(C)cc2)n1CC. The summed E-state index contributed by atoms with van der Waals surface area (Å²) in [5.41, 5.74) is 2.27. The average Bonchev–Trinajstić information content (AvgIpc) is 2.94. The van der Waals surface area contributed by atoms with Crippen LogP contribution < -0.4 is 5.32 Å². The molecule has 0 saturated carbocycles. The number of esters is 1. The summed E-state index contributed by atoms with van der Waals surface area (Å²) in [6.07, 6.45) is 0. The molecule has 1 heterocycles. The summed E-state index contributed by atoms with van der Waals surface area (Å²) in [7, 11) is 0. The summed E-state index contributed by atoms with van der Waals surface area (Å²) in [4.78, 5) is 11.4. The zero-order chi connectivity index (χ0) is 16.7. The van der Waals surface area contributed by atoms with Crippen molar-refractivity contribution in [2.24, 2.45) is 0 Å². The minimum atomic E-state index is -0.234. The first-order chi connectivity index (χ1) is 11.1. The second-order valence-corrected chi connectivity index (χ2v) is 5.90. The van der Waals surface area contributed by atoms with Gasteiger partial charge in [-0.15, -0.1) is 10.2 Å². The van der Waals surface area contributed by atoms with Crippen LogP contribution in [0, 0.1) is 6.92 Å². The van der Waals surface area contributed by atoms with E-state index in [-0.39, 0.29) is 11.7 Å². The summed E-state index contributed by atoms with van der Waals surface area (Å²) < 4.78 is 6.93. The molecule has 6 nitrogen and oxygen atoms in total. The molecule has 2 aromatic rings. The number of carbonyl (C=O) groups excluding carboxylic acids is 1. The van der Waals surface area contributed by atoms with E-state index < -0.39 is 0 Å². The summed E-state index contributed by atoms with van der Waals surface area (Å²) >= 11 is 1.35. The molecule has 7 heteroatoms. The van der Waals surface area contributed by atoms with E-state index in [0.717, 1.165) is 23.2 Å². The molecule has 1 aromatic heterocycles. The van der Waals surface area contributed by atoms with Gasteiger partial charge in [-0.2, -0.15) is 0 Å². The Kier molecular flexibility index (Phi) is 6.46. The van der Waals surface area contributed by atoms with Crippen molar-refractivity contribution < 1.29 is 9.53 Å². The Morgan fingerprint density at radius 1 is 1.26 bits per heavy atom. The Bertz CT molecular complexity index is 640. The third kappa shape index (κ3) is 4.99. The van der Waals surface area contributed by atoms with Gasteiger partial charge >= 0.3 is 5.97 Å². The Morgan fingerprint density at radius 3 is 2.65 bits per heavy atom. The smallest absolute Gasteiger partial charge is 0.316 e. The zero-order valence-corrected chi connectivity index (χ0v) is 14.5. The predicted octanol–water partition coefficient (Wildman–Crippen LogP) is 2.87. The van der Waals surface area contributed by atoms with E-state index in [1.807, 2.05) is 23.6 Å². The molecule has 2 rings (SSSR count). The van der Waals surface area contributed by atoms with Crippen molar-refractivity contribution in [3.8, 4) is 0 Å². The molecular formula is C16H22N4O2S. The van der Waals surface area contributed by atoms with E-state index in [1.165, 1.54) is 17.3 Å². The molecule has 1 aromatic carbocycles. The maximum absolute atomic E-state index is 11.4. The molecule has 0 unspecified atom stereocenters. The number of hydrogen-bond donors (Lipinski definition) is 1. The normalized spacial score (nSPS) is 10.6. The van der Waals surface area contributed by atoms with Gasteiger partial charge in [-0.05, 0) is 32.9 Å². The molecule has 0 spiro atoms. The Labute approximate surface area is 140 Å². The van der Waals surface area contributed by atoms with Crippen molar-refractivity contribution in [3.63, 3.8) is 0 Å². The van der Waals surface area contributed by atoms with E-state index in [4.69, 9.17) is 4.74 Å². The summed E-state index contributed by atoms with van der Waals surface area (Å²) in [5, 5.41) is 12.5. The molecule has 0 radical (unpaired) electrons. The second-order valence-electron chi connectivity index (χ2n) is 4.96. The number of rotatable bonds is 8. The molecule has 0 amide bonds. The molecule has 0 aliphatic heterocycles. The van der Waals surface area contributed by atoms with Gasteiger partial charge in [-0.1, -0.05) is 29.5 Å². The average molecular weight is 334 g/mol. The van der Waals surface area contributed by atoms with Gasteiger partial charge in [0.25, 0.3) is 0 Å². The third-order valence-corrected chi connectivity index (χ3v) is 4.18. The predicted molar refractivity (Wildman–Crippen MR) is 91.6 cm³/mol. The second kappa shape index (κ2) is 8.57. The Balaban J connectivity index is 1.97. The number of carbonyl (C=O) groups is 1. The third-order valence-electron chi connectivity index (χ3n) is 3.24. The number of ether oxygens (including phenoxy) is 1.